The summed E-state index contributed by atoms with van der Waals surface area (Å²) in [5.41, 5.74) is 0.897. The monoisotopic (exact) mass is 430 g/mol. The van der Waals surface area contributed by atoms with Crippen LogP contribution in [0.15, 0.2) is 73.3 Å². The summed E-state index contributed by atoms with van der Waals surface area (Å²) in [5.74, 6) is 0.628. The van der Waals surface area contributed by atoms with Crippen molar-refractivity contribution in [3.63, 3.8) is 0 Å². The summed E-state index contributed by atoms with van der Waals surface area (Å²) >= 11 is 0. The molecule has 0 atom stereocenters. The summed E-state index contributed by atoms with van der Waals surface area (Å²) in [4.78, 5) is 13.9. The Morgan fingerprint density at radius 1 is 1.03 bits per heavy atom. The molecule has 0 aliphatic heterocycles. The van der Waals surface area contributed by atoms with Crippen molar-refractivity contribution in [3.8, 4) is 11.5 Å². The van der Waals surface area contributed by atoms with Gasteiger partial charge in [-0.15, -0.1) is 0 Å². The molecule has 0 radical (unpaired) electrons. The van der Waals surface area contributed by atoms with Gasteiger partial charge in [-0.25, -0.2) is 13.2 Å². The Labute approximate surface area is 171 Å². The number of methoxy groups -OCH3 is 2. The summed E-state index contributed by atoms with van der Waals surface area (Å²) in [7, 11) is -1.09. The minimum absolute atomic E-state index is 0.0425. The molecule has 1 N–H and O–H groups in total. The molecule has 0 spiro atoms. The van der Waals surface area contributed by atoms with Crippen LogP contribution in [0.4, 0.5) is 5.69 Å². The number of anilines is 1. The largest absolute Gasteiger partial charge is 0.493 e. The molecule has 4 aromatic rings. The fourth-order valence-electron chi connectivity index (χ4n) is 3.05. The van der Waals surface area contributed by atoms with Gasteiger partial charge >= 0.3 is 5.76 Å². The van der Waals surface area contributed by atoms with E-state index < -0.39 is 15.8 Å². The Kier molecular flexibility index (Phi) is 5.00. The van der Waals surface area contributed by atoms with Gasteiger partial charge < -0.3 is 18.3 Å². The van der Waals surface area contributed by atoms with Gasteiger partial charge in [0, 0.05) is 12.1 Å². The highest BCUT2D eigenvalue weighted by Gasteiger charge is 2.28. The summed E-state index contributed by atoms with van der Waals surface area (Å²) in [6.45, 7) is -0.0556. The average molecular weight is 430 g/mol. The first-order chi connectivity index (χ1) is 14.4. The maximum absolute atomic E-state index is 13.5. The lowest BCUT2D eigenvalue weighted by Gasteiger charge is -2.24. The molecule has 0 amide bonds. The number of aromatic nitrogens is 1. The Balaban J connectivity index is 1.84. The quantitative estimate of drug-likeness (QED) is 0.479. The predicted molar refractivity (Wildman–Crippen MR) is 108 cm³/mol. The van der Waals surface area contributed by atoms with E-state index in [4.69, 9.17) is 18.3 Å². The third-order valence-corrected chi connectivity index (χ3v) is 6.28. The molecule has 156 valence electrons. The lowest BCUT2D eigenvalue weighted by Crippen LogP contribution is -2.30. The van der Waals surface area contributed by atoms with Crippen LogP contribution in [0.1, 0.15) is 5.76 Å². The first-order valence-corrected chi connectivity index (χ1v) is 10.3. The molecule has 0 fully saturated rings. The van der Waals surface area contributed by atoms with Gasteiger partial charge in [-0.1, -0.05) is 0 Å². The van der Waals surface area contributed by atoms with Crippen LogP contribution in [-0.2, 0) is 16.6 Å². The number of hydrogen-bond donors (Lipinski definition) is 1. The highest BCUT2D eigenvalue weighted by atomic mass is 32.2. The second kappa shape index (κ2) is 7.64. The number of hydrogen-bond acceptors (Lipinski definition) is 7. The number of sulfonamides is 1. The summed E-state index contributed by atoms with van der Waals surface area (Å²) in [5, 5.41) is 0. The van der Waals surface area contributed by atoms with E-state index in [1.54, 1.807) is 30.3 Å². The number of nitrogens with one attached hydrogen (secondary N) is 1. The Morgan fingerprint density at radius 3 is 2.53 bits per heavy atom. The Hall–Kier alpha value is -3.66. The van der Waals surface area contributed by atoms with E-state index >= 15 is 0 Å². The van der Waals surface area contributed by atoms with Crippen molar-refractivity contribution in [2.45, 2.75) is 11.4 Å². The molecule has 2 heterocycles. The first kappa shape index (κ1) is 19.6. The minimum atomic E-state index is -4.06. The van der Waals surface area contributed by atoms with E-state index in [0.29, 0.717) is 28.5 Å². The zero-order valence-corrected chi connectivity index (χ0v) is 16.9. The minimum Gasteiger partial charge on any atom is -0.493 e. The van der Waals surface area contributed by atoms with E-state index in [-0.39, 0.29) is 17.0 Å². The van der Waals surface area contributed by atoms with Crippen molar-refractivity contribution < 1.29 is 26.7 Å². The molecule has 10 heteroatoms. The average Bonchev–Trinajstić information content (AvgIpc) is 3.39. The van der Waals surface area contributed by atoms with Gasteiger partial charge in [-0.3, -0.25) is 9.29 Å². The maximum Gasteiger partial charge on any atom is 0.417 e. The summed E-state index contributed by atoms with van der Waals surface area (Å²) < 4.78 is 49.2. The fraction of sp³-hybridized carbons (Fsp3) is 0.150. The number of fused-ring (bicyclic) bond motifs is 1. The van der Waals surface area contributed by atoms with Crippen LogP contribution < -0.4 is 19.5 Å². The van der Waals surface area contributed by atoms with E-state index in [1.165, 1.54) is 43.0 Å². The lowest BCUT2D eigenvalue weighted by molar-refractivity contribution is 0.355. The lowest BCUT2D eigenvalue weighted by atomic mass is 10.2. The predicted octanol–water partition coefficient (Wildman–Crippen LogP) is 3.13. The van der Waals surface area contributed by atoms with Gasteiger partial charge in [0.05, 0.1) is 43.1 Å². The smallest absolute Gasteiger partial charge is 0.417 e. The Morgan fingerprint density at radius 2 is 1.83 bits per heavy atom. The van der Waals surface area contributed by atoms with Gasteiger partial charge in [0.15, 0.2) is 17.1 Å². The number of benzene rings is 2. The van der Waals surface area contributed by atoms with Gasteiger partial charge in [0.2, 0.25) is 0 Å². The van der Waals surface area contributed by atoms with Gasteiger partial charge in [-0.05, 0) is 36.4 Å². The molecule has 9 nitrogen and oxygen atoms in total. The van der Waals surface area contributed by atoms with Crippen LogP contribution in [0.5, 0.6) is 11.5 Å². The number of furan rings is 1. The number of rotatable bonds is 7. The topological polar surface area (TPSA) is 115 Å². The van der Waals surface area contributed by atoms with E-state index in [0.717, 1.165) is 0 Å². The fourth-order valence-corrected chi connectivity index (χ4v) is 4.49. The number of oxazole rings is 1. The van der Waals surface area contributed by atoms with E-state index in [9.17, 15) is 13.2 Å². The second-order valence-electron chi connectivity index (χ2n) is 6.30. The number of ether oxygens (including phenoxy) is 2. The molecule has 30 heavy (non-hydrogen) atoms. The molecule has 2 aromatic carbocycles. The molecule has 0 unspecified atom stereocenters. The van der Waals surface area contributed by atoms with Gasteiger partial charge in [-0.2, -0.15) is 0 Å². The van der Waals surface area contributed by atoms with Crippen LogP contribution in [-0.4, -0.2) is 27.6 Å². The van der Waals surface area contributed by atoms with Crippen LogP contribution in [0.2, 0.25) is 0 Å². The van der Waals surface area contributed by atoms with Crippen molar-refractivity contribution in [2.75, 3.05) is 18.5 Å². The van der Waals surface area contributed by atoms with Gasteiger partial charge in [0.1, 0.15) is 5.76 Å². The molecule has 0 aliphatic carbocycles. The third kappa shape index (κ3) is 3.52. The molecular weight excluding hydrogens is 412 g/mol. The number of nitrogens with zero attached hydrogens (tertiary/aromatic N) is 1. The second-order valence-corrected chi connectivity index (χ2v) is 8.17. The van der Waals surface area contributed by atoms with E-state index in [1.807, 2.05) is 0 Å². The van der Waals surface area contributed by atoms with Crippen molar-refractivity contribution >= 4 is 26.8 Å². The summed E-state index contributed by atoms with van der Waals surface area (Å²) in [6.07, 6.45) is 1.47. The molecule has 0 saturated heterocycles. The zero-order chi connectivity index (χ0) is 21.3. The SMILES string of the molecule is COc1ccc(N(Cc2ccco2)S(=O)(=O)c2ccc3[nH]c(=O)oc3c2)cc1OC. The summed E-state index contributed by atoms with van der Waals surface area (Å²) in [6, 6.07) is 12.3. The third-order valence-electron chi connectivity index (χ3n) is 4.52. The molecular formula is C20H18N2O7S. The zero-order valence-electron chi connectivity index (χ0n) is 16.1. The van der Waals surface area contributed by atoms with Crippen LogP contribution >= 0.6 is 0 Å². The molecule has 0 aliphatic rings. The van der Waals surface area contributed by atoms with Crippen molar-refractivity contribution in [2.24, 2.45) is 0 Å². The normalized spacial score (nSPS) is 11.5. The van der Waals surface area contributed by atoms with Gasteiger partial charge in [0.25, 0.3) is 10.0 Å². The molecule has 4 rings (SSSR count). The van der Waals surface area contributed by atoms with Crippen molar-refractivity contribution in [1.82, 2.24) is 4.98 Å². The van der Waals surface area contributed by atoms with Crippen LogP contribution in [0.25, 0.3) is 11.1 Å². The first-order valence-electron chi connectivity index (χ1n) is 8.82. The molecule has 0 bridgehead atoms. The Bertz CT molecular complexity index is 1340. The molecule has 2 aromatic heterocycles. The van der Waals surface area contributed by atoms with E-state index in [2.05, 4.69) is 4.98 Å². The van der Waals surface area contributed by atoms with Crippen molar-refractivity contribution in [3.05, 3.63) is 71.1 Å². The molecule has 0 saturated carbocycles. The number of H-pyrrole nitrogens is 1. The highest BCUT2D eigenvalue weighted by Crippen LogP contribution is 2.35. The highest BCUT2D eigenvalue weighted by molar-refractivity contribution is 7.92. The standard InChI is InChI=1S/C20H18N2O7S/c1-26-17-8-5-13(10-19(17)27-2)22(12-14-4-3-9-28-14)30(24,25)15-6-7-16-18(11-15)29-20(23)21-16/h3-11H,12H2,1-2H3,(H,21,23). The maximum atomic E-state index is 13.5. The van der Waals surface area contributed by atoms with Crippen LogP contribution in [0, 0.1) is 0 Å². The van der Waals surface area contributed by atoms with Crippen molar-refractivity contribution in [1.29, 1.82) is 0 Å². The van der Waals surface area contributed by atoms with Crippen LogP contribution in [0.3, 0.4) is 0 Å². The number of aromatic amines is 1.